The fraction of sp³-hybridized carbons (Fsp3) is 0.360. The molecule has 0 bridgehead atoms. The summed E-state index contributed by atoms with van der Waals surface area (Å²) in [6, 6.07) is 16.1. The van der Waals surface area contributed by atoms with Crippen molar-refractivity contribution in [3.8, 4) is 0 Å². The van der Waals surface area contributed by atoms with Gasteiger partial charge < -0.3 is 10.1 Å². The third-order valence-electron chi connectivity index (χ3n) is 5.30. The average molecular weight is 436 g/mol. The van der Waals surface area contributed by atoms with Crippen molar-refractivity contribution < 1.29 is 14.3 Å². The van der Waals surface area contributed by atoms with Gasteiger partial charge in [-0.1, -0.05) is 74.7 Å². The number of esters is 1. The van der Waals surface area contributed by atoms with Gasteiger partial charge in [0.05, 0.1) is 11.4 Å². The van der Waals surface area contributed by atoms with E-state index in [-0.39, 0.29) is 17.3 Å². The first-order valence-corrected chi connectivity index (χ1v) is 11.0. The van der Waals surface area contributed by atoms with Crippen LogP contribution in [0.25, 0.3) is 10.8 Å². The fourth-order valence-electron chi connectivity index (χ4n) is 3.53. The van der Waals surface area contributed by atoms with E-state index in [9.17, 15) is 14.4 Å². The second-order valence-electron chi connectivity index (χ2n) is 7.76. The maximum absolute atomic E-state index is 12.8. The van der Waals surface area contributed by atoms with Gasteiger partial charge in [-0.05, 0) is 25.0 Å². The Morgan fingerprint density at radius 3 is 2.41 bits per heavy atom. The summed E-state index contributed by atoms with van der Waals surface area (Å²) in [4.78, 5) is 37.8. The Balaban J connectivity index is 1.71. The number of hydrogen-bond donors (Lipinski definition) is 1. The summed E-state index contributed by atoms with van der Waals surface area (Å²) in [6.07, 6.45) is 3.95. The van der Waals surface area contributed by atoms with Gasteiger partial charge in [0.15, 0.2) is 12.3 Å². The number of aromatic nitrogens is 2. The topological polar surface area (TPSA) is 90.3 Å². The highest BCUT2D eigenvalue weighted by Gasteiger charge is 2.19. The number of aryl methyl sites for hydroxylation is 1. The zero-order valence-corrected chi connectivity index (χ0v) is 18.5. The number of carbonyl (C=O) groups excluding carboxylic acids is 2. The van der Waals surface area contributed by atoms with E-state index in [4.69, 9.17) is 4.74 Å². The van der Waals surface area contributed by atoms with Crippen molar-refractivity contribution in [2.45, 2.75) is 52.1 Å². The lowest BCUT2D eigenvalue weighted by Gasteiger charge is -2.14. The Kier molecular flexibility index (Phi) is 8.14. The molecule has 1 heterocycles. The van der Waals surface area contributed by atoms with Crippen LogP contribution in [0.4, 0.5) is 0 Å². The Hall–Kier alpha value is -3.48. The molecule has 0 spiro atoms. The van der Waals surface area contributed by atoms with Crippen molar-refractivity contribution in [1.82, 2.24) is 15.1 Å². The van der Waals surface area contributed by atoms with Crippen LogP contribution in [-0.2, 0) is 16.1 Å². The zero-order valence-electron chi connectivity index (χ0n) is 18.5. The van der Waals surface area contributed by atoms with Crippen LogP contribution in [0.1, 0.15) is 61.6 Å². The van der Waals surface area contributed by atoms with E-state index in [1.54, 1.807) is 24.3 Å². The molecule has 0 saturated heterocycles. The molecule has 0 aliphatic rings. The number of nitrogens with one attached hydrogen (secondary N) is 1. The second-order valence-corrected chi connectivity index (χ2v) is 7.76. The van der Waals surface area contributed by atoms with Crippen molar-refractivity contribution in [3.05, 3.63) is 76.2 Å². The van der Waals surface area contributed by atoms with Gasteiger partial charge in [0.1, 0.15) is 0 Å². The number of benzene rings is 2. The predicted octanol–water partition coefficient (Wildman–Crippen LogP) is 4.01. The number of ether oxygens (including phenoxy) is 1. The largest absolute Gasteiger partial charge is 0.451 e. The molecule has 168 valence electrons. The van der Waals surface area contributed by atoms with E-state index in [0.717, 1.165) is 31.2 Å². The first-order chi connectivity index (χ1) is 15.5. The molecule has 1 N–H and O–H groups in total. The minimum absolute atomic E-state index is 0.0413. The molecular weight excluding hydrogens is 406 g/mol. The lowest BCUT2D eigenvalue weighted by molar-refractivity contribution is -0.124. The molecule has 2 aromatic carbocycles. The molecule has 0 aliphatic carbocycles. The van der Waals surface area contributed by atoms with Crippen LogP contribution in [-0.4, -0.2) is 28.3 Å². The normalized spacial score (nSPS) is 11.8. The van der Waals surface area contributed by atoms with Crippen LogP contribution in [0.3, 0.4) is 0 Å². The quantitative estimate of drug-likeness (QED) is 0.384. The molecule has 0 saturated carbocycles. The van der Waals surface area contributed by atoms with Crippen LogP contribution in [0, 0.1) is 0 Å². The number of nitrogens with zero attached hydrogens (tertiary/aromatic N) is 2. The van der Waals surface area contributed by atoms with Crippen LogP contribution >= 0.6 is 0 Å². The summed E-state index contributed by atoms with van der Waals surface area (Å²) in [6.45, 7) is 3.98. The molecule has 1 aromatic heterocycles. The highest BCUT2D eigenvalue weighted by Crippen LogP contribution is 2.15. The summed E-state index contributed by atoms with van der Waals surface area (Å²) < 4.78 is 6.57. The highest BCUT2D eigenvalue weighted by molar-refractivity contribution is 6.02. The maximum Gasteiger partial charge on any atom is 0.359 e. The van der Waals surface area contributed by atoms with Gasteiger partial charge >= 0.3 is 5.97 Å². The van der Waals surface area contributed by atoms with Gasteiger partial charge in [0, 0.05) is 11.9 Å². The maximum atomic E-state index is 12.8. The van der Waals surface area contributed by atoms with E-state index < -0.39 is 18.5 Å². The number of unbranched alkanes of at least 4 members (excludes halogenated alkanes) is 3. The number of carbonyl (C=O) groups is 2. The summed E-state index contributed by atoms with van der Waals surface area (Å²) in [7, 11) is 0. The van der Waals surface area contributed by atoms with E-state index in [0.29, 0.717) is 17.3 Å². The second kappa shape index (κ2) is 11.2. The Labute approximate surface area is 187 Å². The van der Waals surface area contributed by atoms with Gasteiger partial charge in [0.2, 0.25) is 0 Å². The molecular formula is C25H29N3O4. The Morgan fingerprint density at radius 1 is 1.00 bits per heavy atom. The molecule has 0 aliphatic heterocycles. The third kappa shape index (κ3) is 5.81. The lowest BCUT2D eigenvalue weighted by atomic mass is 10.1. The molecule has 1 amide bonds. The van der Waals surface area contributed by atoms with E-state index in [1.165, 1.54) is 4.68 Å². The van der Waals surface area contributed by atoms with Crippen LogP contribution in [0.5, 0.6) is 0 Å². The fourth-order valence-corrected chi connectivity index (χ4v) is 3.53. The van der Waals surface area contributed by atoms with Crippen LogP contribution in [0.2, 0.25) is 0 Å². The zero-order chi connectivity index (χ0) is 22.9. The van der Waals surface area contributed by atoms with Gasteiger partial charge in [-0.2, -0.15) is 5.10 Å². The summed E-state index contributed by atoms with van der Waals surface area (Å²) >= 11 is 0. The van der Waals surface area contributed by atoms with Gasteiger partial charge in [-0.25, -0.2) is 9.48 Å². The molecule has 0 radical (unpaired) electrons. The Bertz CT molecular complexity index is 1120. The van der Waals surface area contributed by atoms with Crippen molar-refractivity contribution >= 4 is 22.6 Å². The first-order valence-electron chi connectivity index (χ1n) is 11.0. The van der Waals surface area contributed by atoms with E-state index in [2.05, 4.69) is 17.3 Å². The number of hydrogen-bond acceptors (Lipinski definition) is 5. The van der Waals surface area contributed by atoms with Crippen molar-refractivity contribution in [1.29, 1.82) is 0 Å². The first kappa shape index (κ1) is 23.2. The molecule has 3 rings (SSSR count). The number of amides is 1. The third-order valence-corrected chi connectivity index (χ3v) is 5.30. The molecule has 7 nitrogen and oxygen atoms in total. The monoisotopic (exact) mass is 435 g/mol. The summed E-state index contributed by atoms with van der Waals surface area (Å²) in [5.74, 6) is -1.14. The van der Waals surface area contributed by atoms with Crippen LogP contribution < -0.4 is 10.9 Å². The molecule has 0 fully saturated rings. The highest BCUT2D eigenvalue weighted by atomic mass is 16.5. The average Bonchev–Trinajstić information content (AvgIpc) is 2.82. The minimum atomic E-state index is -0.731. The molecule has 3 aromatic rings. The molecule has 1 unspecified atom stereocenters. The van der Waals surface area contributed by atoms with Gasteiger partial charge in [-0.15, -0.1) is 0 Å². The summed E-state index contributed by atoms with van der Waals surface area (Å²) in [5, 5.41) is 7.92. The summed E-state index contributed by atoms with van der Waals surface area (Å²) in [5.41, 5.74) is 0.762. The molecule has 7 heteroatoms. The van der Waals surface area contributed by atoms with E-state index >= 15 is 0 Å². The number of rotatable bonds is 10. The minimum Gasteiger partial charge on any atom is -0.451 e. The van der Waals surface area contributed by atoms with Crippen molar-refractivity contribution in [3.63, 3.8) is 0 Å². The predicted molar refractivity (Wildman–Crippen MR) is 123 cm³/mol. The van der Waals surface area contributed by atoms with Gasteiger partial charge in [-0.3, -0.25) is 9.59 Å². The molecule has 32 heavy (non-hydrogen) atoms. The van der Waals surface area contributed by atoms with E-state index in [1.807, 2.05) is 37.3 Å². The van der Waals surface area contributed by atoms with Gasteiger partial charge in [0.25, 0.3) is 11.5 Å². The van der Waals surface area contributed by atoms with Crippen molar-refractivity contribution in [2.75, 3.05) is 6.61 Å². The van der Waals surface area contributed by atoms with Crippen molar-refractivity contribution in [2.24, 2.45) is 0 Å². The lowest BCUT2D eigenvalue weighted by Crippen LogP contribution is -2.32. The Morgan fingerprint density at radius 2 is 1.69 bits per heavy atom. The number of fused-ring (bicyclic) bond motifs is 1. The smallest absolute Gasteiger partial charge is 0.359 e. The van der Waals surface area contributed by atoms with Crippen LogP contribution in [0.15, 0.2) is 59.4 Å². The SMILES string of the molecule is CCCCCCn1nc(C(=O)OCC(=O)NC(C)c2ccccc2)c2ccccc2c1=O. The molecule has 1 atom stereocenters. The standard InChI is InChI=1S/C25H29N3O4/c1-3-4-5-11-16-28-24(30)21-15-10-9-14-20(21)23(27-28)25(31)32-17-22(29)26-18(2)19-12-7-6-8-13-19/h6-10,12-15,18H,3-5,11,16-17H2,1-2H3,(H,26,29).